The zero-order valence-electron chi connectivity index (χ0n) is 18.9. The molecule has 172 valence electrons. The molecule has 34 heavy (non-hydrogen) atoms. The number of hydrogen-bond acceptors (Lipinski definition) is 4. The molecule has 0 saturated heterocycles. The van der Waals surface area contributed by atoms with Crippen molar-refractivity contribution < 1.29 is 9.72 Å². The Morgan fingerprint density at radius 2 is 1.38 bits per heavy atom. The lowest BCUT2D eigenvalue weighted by Crippen LogP contribution is -2.38. The number of nitrogens with zero attached hydrogens (tertiary/aromatic N) is 3. The Balaban J connectivity index is 1.65. The number of nitro groups is 1. The molecule has 0 aliphatic carbocycles. The van der Waals surface area contributed by atoms with Gasteiger partial charge in [-0.1, -0.05) is 91.0 Å². The van der Waals surface area contributed by atoms with E-state index < -0.39 is 10.3 Å². The van der Waals surface area contributed by atoms with E-state index in [0.717, 1.165) is 16.7 Å². The van der Waals surface area contributed by atoms with Crippen LogP contribution in [-0.4, -0.2) is 26.9 Å². The van der Waals surface area contributed by atoms with Gasteiger partial charge in [0.1, 0.15) is 12.7 Å². The van der Waals surface area contributed by atoms with E-state index >= 15 is 0 Å². The summed E-state index contributed by atoms with van der Waals surface area (Å²) in [6.45, 7) is 2.23. The van der Waals surface area contributed by atoms with Gasteiger partial charge in [0, 0.05) is 13.3 Å². The Labute approximate surface area is 198 Å². The third-order valence-electron chi connectivity index (χ3n) is 6.10. The fraction of sp³-hybridized carbons (Fsp3) is 0.185. The molecule has 0 spiro atoms. The van der Waals surface area contributed by atoms with Crippen LogP contribution in [0.3, 0.4) is 0 Å². The maximum Gasteiger partial charge on any atom is 0.342 e. The Kier molecular flexibility index (Phi) is 6.82. The molecule has 1 N–H and O–H groups in total. The van der Waals surface area contributed by atoms with Gasteiger partial charge in [-0.2, -0.15) is 0 Å². The Hall–Kier alpha value is -4.26. The lowest BCUT2D eigenvalue weighted by molar-refractivity contribution is -0.392. The van der Waals surface area contributed by atoms with Gasteiger partial charge in [0.2, 0.25) is 5.91 Å². The average molecular weight is 455 g/mol. The van der Waals surface area contributed by atoms with Gasteiger partial charge in [0.15, 0.2) is 5.82 Å². The van der Waals surface area contributed by atoms with Crippen LogP contribution in [-0.2, 0) is 16.8 Å². The van der Waals surface area contributed by atoms with Gasteiger partial charge >= 0.3 is 5.82 Å². The number of nitrogens with one attached hydrogen (secondary N) is 1. The molecule has 4 aromatic rings. The lowest BCUT2D eigenvalue weighted by atomic mass is 9.67. The molecule has 0 bridgehead atoms. The molecule has 1 amide bonds. The first-order chi connectivity index (χ1) is 16.5. The van der Waals surface area contributed by atoms with Gasteiger partial charge in [-0.15, -0.1) is 0 Å². The van der Waals surface area contributed by atoms with Crippen LogP contribution < -0.4 is 5.32 Å². The van der Waals surface area contributed by atoms with Crippen LogP contribution >= 0.6 is 0 Å². The van der Waals surface area contributed by atoms with E-state index in [1.165, 1.54) is 10.8 Å². The summed E-state index contributed by atoms with van der Waals surface area (Å²) < 4.78 is 1.50. The van der Waals surface area contributed by atoms with Gasteiger partial charge < -0.3 is 15.4 Å². The molecule has 0 radical (unpaired) electrons. The molecule has 4 rings (SSSR count). The summed E-state index contributed by atoms with van der Waals surface area (Å²) in [5, 5.41) is 14.2. The minimum absolute atomic E-state index is 0.0843. The summed E-state index contributed by atoms with van der Waals surface area (Å²) in [5.41, 5.74) is 2.36. The number of amides is 1. The van der Waals surface area contributed by atoms with E-state index in [1.807, 2.05) is 91.0 Å². The number of aromatic nitrogens is 2. The van der Waals surface area contributed by atoms with Crippen LogP contribution in [0.15, 0.2) is 97.2 Å². The zero-order valence-corrected chi connectivity index (χ0v) is 18.9. The molecule has 3 aromatic carbocycles. The van der Waals surface area contributed by atoms with Gasteiger partial charge in [-0.3, -0.25) is 4.79 Å². The van der Waals surface area contributed by atoms with Crippen LogP contribution in [0.4, 0.5) is 5.82 Å². The van der Waals surface area contributed by atoms with Crippen molar-refractivity contribution in [3.05, 3.63) is 130 Å². The van der Waals surface area contributed by atoms with Gasteiger partial charge in [0.05, 0.1) is 12.0 Å². The van der Waals surface area contributed by atoms with Crippen LogP contribution in [0.1, 0.15) is 28.9 Å². The second-order valence-electron chi connectivity index (χ2n) is 8.10. The summed E-state index contributed by atoms with van der Waals surface area (Å²) in [4.78, 5) is 28.1. The number of carbonyl (C=O) groups excluding carboxylic acids is 1. The van der Waals surface area contributed by atoms with E-state index in [1.54, 1.807) is 6.92 Å². The van der Waals surface area contributed by atoms with Crippen LogP contribution in [0.25, 0.3) is 0 Å². The fourth-order valence-electron chi connectivity index (χ4n) is 4.46. The molecule has 7 nitrogen and oxygen atoms in total. The van der Waals surface area contributed by atoms with Crippen molar-refractivity contribution in [2.75, 3.05) is 6.54 Å². The largest absolute Gasteiger partial charge is 0.358 e. The summed E-state index contributed by atoms with van der Waals surface area (Å²) in [6.07, 6.45) is 1.43. The fourth-order valence-corrected chi connectivity index (χ4v) is 4.46. The number of rotatable bonds is 9. The van der Waals surface area contributed by atoms with Gasteiger partial charge in [-0.25, -0.2) is 9.55 Å². The highest BCUT2D eigenvalue weighted by Gasteiger charge is 2.38. The standard InChI is InChI=1S/C27H26N4O3/c1-21-29-20-26(31(33)34)30(21)18-17-28-25(32)19-27(22-11-5-2-6-12-22,23-13-7-3-8-14-23)24-15-9-4-10-16-24/h2-16,20H,17-19H2,1H3,(H,28,32). The van der Waals surface area contributed by atoms with E-state index in [9.17, 15) is 14.9 Å². The average Bonchev–Trinajstić information content (AvgIpc) is 3.24. The minimum atomic E-state index is -0.690. The topological polar surface area (TPSA) is 90.1 Å². The van der Waals surface area contributed by atoms with Crippen LogP contribution in [0, 0.1) is 17.0 Å². The normalized spacial score (nSPS) is 11.2. The number of benzene rings is 3. The molecule has 0 saturated carbocycles. The molecular formula is C27H26N4O3. The molecule has 0 aliphatic heterocycles. The molecule has 1 aromatic heterocycles. The van der Waals surface area contributed by atoms with Crippen molar-refractivity contribution in [2.24, 2.45) is 0 Å². The Morgan fingerprint density at radius 3 is 1.82 bits per heavy atom. The maximum atomic E-state index is 13.3. The third-order valence-corrected chi connectivity index (χ3v) is 6.10. The molecule has 0 aliphatic rings. The summed E-state index contributed by atoms with van der Waals surface area (Å²) in [6, 6.07) is 30.1. The zero-order chi connectivity index (χ0) is 24.0. The number of aryl methyl sites for hydroxylation is 1. The second-order valence-corrected chi connectivity index (χ2v) is 8.10. The van der Waals surface area contributed by atoms with E-state index in [4.69, 9.17) is 0 Å². The van der Waals surface area contributed by atoms with Crippen molar-refractivity contribution in [2.45, 2.75) is 25.3 Å². The minimum Gasteiger partial charge on any atom is -0.358 e. The third kappa shape index (κ3) is 4.59. The lowest BCUT2D eigenvalue weighted by Gasteiger charge is -2.35. The second kappa shape index (κ2) is 10.1. The van der Waals surface area contributed by atoms with Crippen LogP contribution in [0.2, 0.25) is 0 Å². The maximum absolute atomic E-state index is 13.3. The van der Waals surface area contributed by atoms with Gasteiger partial charge in [-0.05, 0) is 21.6 Å². The molecular weight excluding hydrogens is 428 g/mol. The van der Waals surface area contributed by atoms with Crippen molar-refractivity contribution in [3.63, 3.8) is 0 Å². The number of hydrogen-bond donors (Lipinski definition) is 1. The first kappa shape index (κ1) is 22.9. The predicted molar refractivity (Wildman–Crippen MR) is 130 cm³/mol. The Morgan fingerprint density at radius 1 is 0.912 bits per heavy atom. The van der Waals surface area contributed by atoms with Crippen molar-refractivity contribution >= 4 is 11.7 Å². The van der Waals surface area contributed by atoms with Gasteiger partial charge in [0.25, 0.3) is 0 Å². The van der Waals surface area contributed by atoms with Crippen molar-refractivity contribution in [1.82, 2.24) is 14.9 Å². The first-order valence-corrected chi connectivity index (χ1v) is 11.1. The number of imidazole rings is 1. The molecule has 0 atom stereocenters. The molecule has 0 fully saturated rings. The quantitative estimate of drug-likeness (QED) is 0.227. The highest BCUT2D eigenvalue weighted by molar-refractivity contribution is 5.80. The summed E-state index contributed by atoms with van der Waals surface area (Å²) in [7, 11) is 0. The molecule has 7 heteroatoms. The summed E-state index contributed by atoms with van der Waals surface area (Å²) in [5.74, 6) is 0.309. The van der Waals surface area contributed by atoms with E-state index in [0.29, 0.717) is 5.82 Å². The highest BCUT2D eigenvalue weighted by atomic mass is 16.6. The van der Waals surface area contributed by atoms with Crippen molar-refractivity contribution in [1.29, 1.82) is 0 Å². The summed E-state index contributed by atoms with van der Waals surface area (Å²) >= 11 is 0. The Bertz CT molecular complexity index is 1160. The number of carbonyl (C=O) groups is 1. The molecule has 1 heterocycles. The van der Waals surface area contributed by atoms with E-state index in [2.05, 4.69) is 10.3 Å². The highest BCUT2D eigenvalue weighted by Crippen LogP contribution is 2.42. The SMILES string of the molecule is Cc1ncc([N+](=O)[O-])n1CCNC(=O)CC(c1ccccc1)(c1ccccc1)c1ccccc1. The first-order valence-electron chi connectivity index (χ1n) is 11.1. The smallest absolute Gasteiger partial charge is 0.342 e. The predicted octanol–water partition coefficient (Wildman–Crippen LogP) is 4.64. The van der Waals surface area contributed by atoms with E-state index in [-0.39, 0.29) is 31.2 Å². The van der Waals surface area contributed by atoms with Crippen molar-refractivity contribution in [3.8, 4) is 0 Å². The monoisotopic (exact) mass is 454 g/mol. The molecule has 0 unspecified atom stereocenters. The van der Waals surface area contributed by atoms with Crippen LogP contribution in [0.5, 0.6) is 0 Å².